The van der Waals surface area contributed by atoms with Crippen molar-refractivity contribution in [3.8, 4) is 11.5 Å². The second-order valence-corrected chi connectivity index (χ2v) is 10.1. The average Bonchev–Trinajstić information content (AvgIpc) is 3.16. The third kappa shape index (κ3) is 4.59. The molecule has 4 aromatic rings. The standard InChI is InChI=1S/C31H31NO5/c1-18(2)17-36-25-13-11-22(15-26(25)35-5)28-27-29(33)23-14-20(4)8-12-24(23)37-30(27)31(34)32(28)16-21-9-6-19(3)7-10-21/h6-15,18,28H,16-17H2,1-5H3. The van der Waals surface area contributed by atoms with Gasteiger partial charge in [-0.05, 0) is 55.2 Å². The SMILES string of the molecule is COc1cc(C2c3c(oc4ccc(C)cc4c3=O)C(=O)N2Cc2ccc(C)cc2)ccc1OCC(C)C. The first-order chi connectivity index (χ1) is 17.8. The molecule has 0 fully saturated rings. The first kappa shape index (κ1) is 24.6. The second-order valence-electron chi connectivity index (χ2n) is 10.1. The molecule has 1 unspecified atom stereocenters. The number of amides is 1. The van der Waals surface area contributed by atoms with E-state index in [1.165, 1.54) is 0 Å². The second kappa shape index (κ2) is 9.77. The van der Waals surface area contributed by atoms with E-state index < -0.39 is 6.04 Å². The zero-order chi connectivity index (χ0) is 26.3. The molecule has 0 saturated heterocycles. The Kier molecular flexibility index (Phi) is 6.50. The van der Waals surface area contributed by atoms with Crippen LogP contribution in [0.1, 0.15) is 58.3 Å². The van der Waals surface area contributed by atoms with Crippen molar-refractivity contribution < 1.29 is 18.7 Å². The van der Waals surface area contributed by atoms with Crippen LogP contribution in [0.3, 0.4) is 0 Å². The largest absolute Gasteiger partial charge is 0.493 e. The number of methoxy groups -OCH3 is 1. The number of benzene rings is 3. The highest BCUT2D eigenvalue weighted by Crippen LogP contribution is 2.41. The Hall–Kier alpha value is -4.06. The van der Waals surface area contributed by atoms with Gasteiger partial charge in [0, 0.05) is 6.54 Å². The van der Waals surface area contributed by atoms with Gasteiger partial charge in [0.1, 0.15) is 5.58 Å². The molecule has 190 valence electrons. The van der Waals surface area contributed by atoms with Crippen LogP contribution in [0.4, 0.5) is 0 Å². The molecule has 3 aromatic carbocycles. The highest BCUT2D eigenvalue weighted by Gasteiger charge is 2.43. The molecule has 1 aromatic heterocycles. The Morgan fingerprint density at radius 3 is 2.35 bits per heavy atom. The first-order valence-corrected chi connectivity index (χ1v) is 12.5. The first-order valence-electron chi connectivity index (χ1n) is 12.5. The van der Waals surface area contributed by atoms with E-state index in [9.17, 15) is 9.59 Å². The lowest BCUT2D eigenvalue weighted by Crippen LogP contribution is -2.29. The summed E-state index contributed by atoms with van der Waals surface area (Å²) in [6.07, 6.45) is 0. The van der Waals surface area contributed by atoms with Crippen molar-refractivity contribution in [2.45, 2.75) is 40.3 Å². The van der Waals surface area contributed by atoms with Crippen LogP contribution in [-0.2, 0) is 6.54 Å². The molecule has 37 heavy (non-hydrogen) atoms. The molecule has 0 spiro atoms. The van der Waals surface area contributed by atoms with E-state index in [0.717, 1.165) is 22.3 Å². The van der Waals surface area contributed by atoms with Crippen molar-refractivity contribution in [1.82, 2.24) is 4.90 Å². The monoisotopic (exact) mass is 497 g/mol. The Labute approximate surface area is 216 Å². The highest BCUT2D eigenvalue weighted by molar-refractivity contribution is 5.99. The molecule has 1 aliphatic heterocycles. The van der Waals surface area contributed by atoms with Crippen LogP contribution >= 0.6 is 0 Å². The van der Waals surface area contributed by atoms with Crippen LogP contribution in [-0.4, -0.2) is 24.5 Å². The van der Waals surface area contributed by atoms with Crippen LogP contribution in [0.5, 0.6) is 11.5 Å². The highest BCUT2D eigenvalue weighted by atomic mass is 16.5. The minimum absolute atomic E-state index is 0.0950. The molecule has 0 radical (unpaired) electrons. The van der Waals surface area contributed by atoms with Gasteiger partial charge in [0.25, 0.3) is 5.91 Å². The molecular formula is C31H31NO5. The van der Waals surface area contributed by atoms with Crippen LogP contribution in [0, 0.1) is 19.8 Å². The molecule has 5 rings (SSSR count). The maximum atomic E-state index is 13.8. The molecule has 0 saturated carbocycles. The zero-order valence-corrected chi connectivity index (χ0v) is 21.8. The zero-order valence-electron chi connectivity index (χ0n) is 21.8. The molecular weight excluding hydrogens is 466 g/mol. The minimum Gasteiger partial charge on any atom is -0.493 e. The maximum absolute atomic E-state index is 13.8. The van der Waals surface area contributed by atoms with E-state index in [-0.39, 0.29) is 17.1 Å². The Balaban J connectivity index is 1.67. The van der Waals surface area contributed by atoms with Gasteiger partial charge < -0.3 is 18.8 Å². The van der Waals surface area contributed by atoms with Gasteiger partial charge in [0.05, 0.1) is 30.7 Å². The molecule has 0 bridgehead atoms. The number of hydrogen-bond acceptors (Lipinski definition) is 5. The Bertz CT molecular complexity index is 1530. The van der Waals surface area contributed by atoms with Gasteiger partial charge in [-0.25, -0.2) is 0 Å². The summed E-state index contributed by atoms with van der Waals surface area (Å²) in [4.78, 5) is 29.3. The Morgan fingerprint density at radius 1 is 0.919 bits per heavy atom. The fraction of sp³-hybridized carbons (Fsp3) is 0.290. The maximum Gasteiger partial charge on any atom is 0.291 e. The fourth-order valence-corrected chi connectivity index (χ4v) is 4.76. The van der Waals surface area contributed by atoms with Crippen molar-refractivity contribution in [3.05, 3.63) is 104 Å². The van der Waals surface area contributed by atoms with Crippen LogP contribution in [0.25, 0.3) is 11.0 Å². The molecule has 0 aliphatic carbocycles. The van der Waals surface area contributed by atoms with Gasteiger partial charge in [-0.3, -0.25) is 9.59 Å². The number of aryl methyl sites for hydroxylation is 2. The van der Waals surface area contributed by atoms with Crippen molar-refractivity contribution >= 4 is 16.9 Å². The van der Waals surface area contributed by atoms with E-state index >= 15 is 0 Å². The quantitative estimate of drug-likeness (QED) is 0.304. The number of fused-ring (bicyclic) bond motifs is 2. The lowest BCUT2D eigenvalue weighted by molar-refractivity contribution is 0.0714. The number of rotatable bonds is 7. The van der Waals surface area contributed by atoms with E-state index in [1.807, 2.05) is 68.4 Å². The summed E-state index contributed by atoms with van der Waals surface area (Å²) in [5.41, 5.74) is 4.38. The lowest BCUT2D eigenvalue weighted by Gasteiger charge is -2.26. The van der Waals surface area contributed by atoms with Crippen molar-refractivity contribution in [1.29, 1.82) is 0 Å². The van der Waals surface area contributed by atoms with Gasteiger partial charge in [0.15, 0.2) is 16.9 Å². The van der Waals surface area contributed by atoms with Gasteiger partial charge in [0.2, 0.25) is 5.76 Å². The van der Waals surface area contributed by atoms with Crippen LogP contribution in [0.2, 0.25) is 0 Å². The number of hydrogen-bond donors (Lipinski definition) is 0. The van der Waals surface area contributed by atoms with Gasteiger partial charge in [-0.15, -0.1) is 0 Å². The number of nitrogens with zero attached hydrogens (tertiary/aromatic N) is 1. The van der Waals surface area contributed by atoms with E-state index in [0.29, 0.717) is 47.1 Å². The third-order valence-corrected chi connectivity index (χ3v) is 6.67. The van der Waals surface area contributed by atoms with Gasteiger partial charge in [-0.2, -0.15) is 0 Å². The van der Waals surface area contributed by atoms with E-state index in [2.05, 4.69) is 13.8 Å². The smallest absolute Gasteiger partial charge is 0.291 e. The van der Waals surface area contributed by atoms with Crippen molar-refractivity contribution in [2.24, 2.45) is 5.92 Å². The third-order valence-electron chi connectivity index (χ3n) is 6.67. The molecule has 1 atom stereocenters. The summed E-state index contributed by atoms with van der Waals surface area (Å²) in [6.45, 7) is 8.99. The van der Waals surface area contributed by atoms with Crippen molar-refractivity contribution in [3.63, 3.8) is 0 Å². The summed E-state index contributed by atoms with van der Waals surface area (Å²) in [5.74, 6) is 1.32. The number of ether oxygens (including phenoxy) is 2. The molecule has 1 amide bonds. The van der Waals surface area contributed by atoms with Crippen LogP contribution in [0.15, 0.2) is 69.9 Å². The van der Waals surface area contributed by atoms with E-state index in [4.69, 9.17) is 13.9 Å². The minimum atomic E-state index is -0.627. The van der Waals surface area contributed by atoms with Gasteiger partial charge >= 0.3 is 0 Å². The predicted molar refractivity (Wildman–Crippen MR) is 143 cm³/mol. The summed E-state index contributed by atoms with van der Waals surface area (Å²) in [6, 6.07) is 18.4. The predicted octanol–water partition coefficient (Wildman–Crippen LogP) is 6.20. The van der Waals surface area contributed by atoms with E-state index in [1.54, 1.807) is 18.1 Å². The summed E-state index contributed by atoms with van der Waals surface area (Å²) in [5, 5.41) is 0.470. The topological polar surface area (TPSA) is 69.0 Å². The average molecular weight is 498 g/mol. The Morgan fingerprint density at radius 2 is 1.65 bits per heavy atom. The molecule has 1 aliphatic rings. The summed E-state index contributed by atoms with van der Waals surface area (Å²) < 4.78 is 17.7. The summed E-state index contributed by atoms with van der Waals surface area (Å²) in [7, 11) is 1.59. The molecule has 2 heterocycles. The number of carbonyl (C=O) groups excluding carboxylic acids is 1. The molecule has 6 nitrogen and oxygen atoms in total. The molecule has 0 N–H and O–H groups in total. The number of carbonyl (C=O) groups is 1. The van der Waals surface area contributed by atoms with Crippen molar-refractivity contribution in [2.75, 3.05) is 13.7 Å². The molecule has 6 heteroatoms. The van der Waals surface area contributed by atoms with Crippen LogP contribution < -0.4 is 14.9 Å². The summed E-state index contributed by atoms with van der Waals surface area (Å²) >= 11 is 0. The van der Waals surface area contributed by atoms with Gasteiger partial charge in [-0.1, -0.05) is 61.4 Å². The fourth-order valence-electron chi connectivity index (χ4n) is 4.76. The normalized spacial score (nSPS) is 14.9. The lowest BCUT2D eigenvalue weighted by atomic mass is 9.97.